The first-order valence-corrected chi connectivity index (χ1v) is 14.5. The lowest BCUT2D eigenvalue weighted by Crippen LogP contribution is -2.21. The molecule has 42 heavy (non-hydrogen) atoms. The van der Waals surface area contributed by atoms with Crippen molar-refractivity contribution in [3.63, 3.8) is 0 Å². The van der Waals surface area contributed by atoms with Gasteiger partial charge in [-0.1, -0.05) is 26.0 Å². The number of para-hydroxylation sites is 1. The van der Waals surface area contributed by atoms with Gasteiger partial charge in [-0.25, -0.2) is 9.78 Å². The molecule has 1 heterocycles. The maximum absolute atomic E-state index is 13.8. The molecule has 0 radical (unpaired) electrons. The lowest BCUT2D eigenvalue weighted by atomic mass is 9.96. The number of halogens is 1. The van der Waals surface area contributed by atoms with Gasteiger partial charge in [-0.15, -0.1) is 0 Å². The van der Waals surface area contributed by atoms with Crippen LogP contribution in [0.1, 0.15) is 50.3 Å². The number of ether oxygens (including phenoxy) is 4. The molecule has 1 aromatic heterocycles. The lowest BCUT2D eigenvalue weighted by Gasteiger charge is -2.17. The van der Waals surface area contributed by atoms with Gasteiger partial charge in [0, 0.05) is 5.56 Å². The van der Waals surface area contributed by atoms with E-state index < -0.39 is 5.97 Å². The second kappa shape index (κ2) is 13.7. The molecular formula is C32H34BrN3O6. The van der Waals surface area contributed by atoms with Crippen molar-refractivity contribution in [1.82, 2.24) is 9.66 Å². The second-order valence-corrected chi connectivity index (χ2v) is 10.6. The van der Waals surface area contributed by atoms with E-state index in [1.807, 2.05) is 38.1 Å². The van der Waals surface area contributed by atoms with E-state index in [2.05, 4.69) is 34.9 Å². The topological polar surface area (TPSA) is 101 Å². The zero-order valence-corrected chi connectivity index (χ0v) is 26.1. The van der Waals surface area contributed by atoms with Gasteiger partial charge in [-0.05, 0) is 95.7 Å². The Kier molecular flexibility index (Phi) is 10.0. The third-order valence-corrected chi connectivity index (χ3v) is 7.08. The molecule has 3 aromatic carbocycles. The van der Waals surface area contributed by atoms with Crippen molar-refractivity contribution in [2.45, 2.75) is 40.5 Å². The Morgan fingerprint density at radius 1 is 1.07 bits per heavy atom. The minimum absolute atomic E-state index is 0.183. The first-order chi connectivity index (χ1) is 20.2. The molecule has 9 nitrogen and oxygen atoms in total. The van der Waals surface area contributed by atoms with Crippen LogP contribution < -0.4 is 19.8 Å². The van der Waals surface area contributed by atoms with Crippen molar-refractivity contribution in [2.75, 3.05) is 26.9 Å². The minimum atomic E-state index is -0.484. The van der Waals surface area contributed by atoms with E-state index in [4.69, 9.17) is 23.9 Å². The Morgan fingerprint density at radius 2 is 1.83 bits per heavy atom. The molecular weight excluding hydrogens is 602 g/mol. The fourth-order valence-corrected chi connectivity index (χ4v) is 5.07. The third kappa shape index (κ3) is 6.65. The number of hydrogen-bond donors (Lipinski definition) is 0. The normalized spacial score (nSPS) is 11.3. The van der Waals surface area contributed by atoms with E-state index in [-0.39, 0.29) is 24.7 Å². The third-order valence-electron chi connectivity index (χ3n) is 6.49. The van der Waals surface area contributed by atoms with Gasteiger partial charge in [0.1, 0.15) is 5.75 Å². The molecule has 0 atom stereocenters. The van der Waals surface area contributed by atoms with Crippen LogP contribution in [0.3, 0.4) is 0 Å². The molecule has 0 saturated carbocycles. The van der Waals surface area contributed by atoms with Crippen LogP contribution in [0, 0.1) is 6.92 Å². The van der Waals surface area contributed by atoms with Crippen LogP contribution in [0.4, 0.5) is 0 Å². The van der Waals surface area contributed by atoms with Gasteiger partial charge in [-0.3, -0.25) is 4.79 Å². The van der Waals surface area contributed by atoms with Crippen LogP contribution in [0.25, 0.3) is 22.3 Å². The minimum Gasteiger partial charge on any atom is -0.496 e. The van der Waals surface area contributed by atoms with Gasteiger partial charge < -0.3 is 18.9 Å². The number of nitrogens with zero attached hydrogens (tertiary/aromatic N) is 3. The quantitative estimate of drug-likeness (QED) is 0.137. The summed E-state index contributed by atoms with van der Waals surface area (Å²) in [6.45, 7) is 10.1. The van der Waals surface area contributed by atoms with Crippen LogP contribution in [-0.2, 0) is 9.53 Å². The molecule has 0 fully saturated rings. The molecule has 0 saturated heterocycles. The summed E-state index contributed by atoms with van der Waals surface area (Å²) in [5.41, 5.74) is 3.58. The number of fused-ring (bicyclic) bond motifs is 1. The van der Waals surface area contributed by atoms with Crippen LogP contribution in [0.15, 0.2) is 62.9 Å². The van der Waals surface area contributed by atoms with Gasteiger partial charge in [0.25, 0.3) is 5.56 Å². The molecule has 0 N–H and O–H groups in total. The molecule has 0 unspecified atom stereocenters. The Balaban J connectivity index is 1.85. The maximum Gasteiger partial charge on any atom is 0.344 e. The molecule has 0 aliphatic rings. The lowest BCUT2D eigenvalue weighted by molar-refractivity contribution is -0.145. The Bertz CT molecular complexity index is 1700. The summed E-state index contributed by atoms with van der Waals surface area (Å²) in [5.74, 6) is 1.67. The highest BCUT2D eigenvalue weighted by atomic mass is 79.9. The van der Waals surface area contributed by atoms with Crippen molar-refractivity contribution >= 4 is 39.0 Å². The molecule has 220 valence electrons. The summed E-state index contributed by atoms with van der Waals surface area (Å²) < 4.78 is 23.9. The van der Waals surface area contributed by atoms with Crippen molar-refractivity contribution < 1.29 is 23.7 Å². The van der Waals surface area contributed by atoms with Crippen molar-refractivity contribution in [3.8, 4) is 28.6 Å². The highest BCUT2D eigenvalue weighted by Gasteiger charge is 2.19. The average Bonchev–Trinajstić information content (AvgIpc) is 2.96. The number of rotatable bonds is 11. The van der Waals surface area contributed by atoms with E-state index in [1.165, 1.54) is 4.68 Å². The molecule has 4 aromatic rings. The number of carbonyl (C=O) groups excluding carboxylic acids is 1. The van der Waals surface area contributed by atoms with Crippen molar-refractivity contribution in [3.05, 3.63) is 80.0 Å². The molecule has 0 bridgehead atoms. The first kappa shape index (κ1) is 30.8. The fraction of sp³-hybridized carbons (Fsp3) is 0.312. The number of hydrogen-bond acceptors (Lipinski definition) is 8. The van der Waals surface area contributed by atoms with Crippen LogP contribution in [-0.4, -0.2) is 48.8 Å². The van der Waals surface area contributed by atoms with Crippen molar-refractivity contribution in [1.29, 1.82) is 0 Å². The van der Waals surface area contributed by atoms with Gasteiger partial charge in [-0.2, -0.15) is 9.78 Å². The number of aryl methyl sites for hydroxylation is 1. The summed E-state index contributed by atoms with van der Waals surface area (Å²) in [4.78, 5) is 30.5. The Hall–Kier alpha value is -4.18. The van der Waals surface area contributed by atoms with E-state index in [0.29, 0.717) is 44.9 Å². The monoisotopic (exact) mass is 635 g/mol. The molecule has 0 amide bonds. The van der Waals surface area contributed by atoms with E-state index in [1.54, 1.807) is 44.5 Å². The predicted molar refractivity (Wildman–Crippen MR) is 167 cm³/mol. The van der Waals surface area contributed by atoms with Crippen LogP contribution >= 0.6 is 15.9 Å². The number of esters is 1. The SMILES string of the molecule is CCOC(=O)COc1c(Br)cc(C=Nn2c(-c3cc(C(C)C)c(OC)cc3C)nc3ccccc3c2=O)cc1OCC. The highest BCUT2D eigenvalue weighted by molar-refractivity contribution is 9.10. The zero-order valence-electron chi connectivity index (χ0n) is 24.6. The van der Waals surface area contributed by atoms with Gasteiger partial charge in [0.2, 0.25) is 0 Å². The summed E-state index contributed by atoms with van der Waals surface area (Å²) >= 11 is 3.51. The molecule has 0 aliphatic heterocycles. The second-order valence-electron chi connectivity index (χ2n) is 9.73. The molecule has 4 rings (SSSR count). The first-order valence-electron chi connectivity index (χ1n) is 13.7. The van der Waals surface area contributed by atoms with Crippen LogP contribution in [0.5, 0.6) is 17.2 Å². The smallest absolute Gasteiger partial charge is 0.344 e. The number of methoxy groups -OCH3 is 1. The molecule has 0 aliphatic carbocycles. The summed E-state index contributed by atoms with van der Waals surface area (Å²) in [5, 5.41) is 5.08. The Labute approximate surface area is 253 Å². The average molecular weight is 637 g/mol. The summed E-state index contributed by atoms with van der Waals surface area (Å²) in [7, 11) is 1.65. The van der Waals surface area contributed by atoms with E-state index >= 15 is 0 Å². The van der Waals surface area contributed by atoms with E-state index in [9.17, 15) is 9.59 Å². The summed E-state index contributed by atoms with van der Waals surface area (Å²) in [6.07, 6.45) is 1.56. The number of aromatic nitrogens is 2. The van der Waals surface area contributed by atoms with Gasteiger partial charge >= 0.3 is 5.97 Å². The van der Waals surface area contributed by atoms with E-state index in [0.717, 1.165) is 22.4 Å². The predicted octanol–water partition coefficient (Wildman–Crippen LogP) is 6.49. The standard InChI is InChI=1S/C32H34BrN3O6/c1-7-40-28-15-21(14-25(33)30(28)42-18-29(37)41-8-2)17-34-36-31(35-26-12-10-9-11-22(26)32(36)38)24-16-23(19(3)4)27(39-6)13-20(24)5/h9-17,19H,7-8,18H2,1-6H3. The number of benzene rings is 3. The Morgan fingerprint density at radius 3 is 2.52 bits per heavy atom. The molecule has 0 spiro atoms. The van der Waals surface area contributed by atoms with Gasteiger partial charge in [0.15, 0.2) is 23.9 Å². The number of carbonyl (C=O) groups is 1. The summed E-state index contributed by atoms with van der Waals surface area (Å²) in [6, 6.07) is 14.7. The molecule has 10 heteroatoms. The fourth-order valence-electron chi connectivity index (χ4n) is 4.50. The largest absolute Gasteiger partial charge is 0.496 e. The van der Waals surface area contributed by atoms with Gasteiger partial charge in [0.05, 0.1) is 41.9 Å². The van der Waals surface area contributed by atoms with Crippen molar-refractivity contribution in [2.24, 2.45) is 5.10 Å². The highest BCUT2D eigenvalue weighted by Crippen LogP contribution is 2.37. The van der Waals surface area contributed by atoms with Crippen LogP contribution in [0.2, 0.25) is 0 Å². The maximum atomic E-state index is 13.8. The zero-order chi connectivity index (χ0) is 30.4.